The van der Waals surface area contributed by atoms with Crippen molar-refractivity contribution in [1.82, 2.24) is 0 Å². The van der Waals surface area contributed by atoms with Crippen molar-refractivity contribution in [2.24, 2.45) is 22.7 Å². The first-order valence-corrected chi connectivity index (χ1v) is 34.7. The smallest absolute Gasteiger partial charge is 0.312 e. The first-order valence-electron chi connectivity index (χ1n) is 34.7. The number of phenols is 2. The average molecular weight is 1280 g/mol. The molecule has 10 nitrogen and oxygen atoms in total. The van der Waals surface area contributed by atoms with E-state index in [1.54, 1.807) is 38.5 Å². The molecule has 2 N–H and O–H groups in total. The number of phenolic OH excluding ortho intramolecular Hbond substituents is 2. The molecule has 1 aliphatic carbocycles. The highest BCUT2D eigenvalue weighted by Crippen LogP contribution is 2.44. The molecule has 0 saturated heterocycles. The largest absolute Gasteiger partial charge is 0.508 e. The zero-order valence-electron chi connectivity index (χ0n) is 61.6. The summed E-state index contributed by atoms with van der Waals surface area (Å²) in [5, 5.41) is 18.0. The van der Waals surface area contributed by atoms with E-state index < -0.39 is 16.4 Å². The van der Waals surface area contributed by atoms with Gasteiger partial charge in [-0.05, 0) is 211 Å². The van der Waals surface area contributed by atoms with Crippen molar-refractivity contribution >= 4 is 11.9 Å². The highest BCUT2D eigenvalue weighted by atomic mass is 16.7. The van der Waals surface area contributed by atoms with Gasteiger partial charge < -0.3 is 38.6 Å². The Kier molecular flexibility index (Phi) is 37.2. The van der Waals surface area contributed by atoms with E-state index in [2.05, 4.69) is 119 Å². The molecular weight excluding hydrogens is 1160 g/mol. The van der Waals surface area contributed by atoms with Gasteiger partial charge in [0.05, 0.1) is 10.8 Å². The molecule has 7 atom stereocenters. The highest BCUT2D eigenvalue weighted by molar-refractivity contribution is 5.77. The van der Waals surface area contributed by atoms with E-state index in [1.807, 2.05) is 152 Å². The fourth-order valence-electron chi connectivity index (χ4n) is 9.69. The van der Waals surface area contributed by atoms with E-state index in [-0.39, 0.29) is 30.1 Å². The lowest BCUT2D eigenvalue weighted by Gasteiger charge is -2.33. The Hall–Kier alpha value is -6.62. The third-order valence-electron chi connectivity index (χ3n) is 18.6. The summed E-state index contributed by atoms with van der Waals surface area (Å²) in [5.41, 5.74) is 5.76. The molecule has 1 saturated carbocycles. The van der Waals surface area contributed by atoms with Crippen molar-refractivity contribution in [2.45, 2.75) is 257 Å². The Balaban J connectivity index is 0.000000384. The standard InChI is InChI=1S/C17H24O2.C16H24O2.2C15H24O2.2C10H14O/c1-4-16(2,3)15(18)19-17(12-8-9-13-17)14-10-6-5-7-11-14;1-6-15(3,4)14(17)18-16(5,7-2)13-11-9-8-10-12-13;2*1-6-12(4)13-7-9-14(10-8-13)17-15(16-5)11(2)3;2*1-3-8(2)9-4-6-10(11)7-5-9/h5-7,10-11H,4,8-9,12-13H2,1-3H3;8-12H,6-7H2,1-5H3;2*7-12,15H,6H2,1-5H3;2*4-8,11H,3H2,1-2H3. The lowest BCUT2D eigenvalue weighted by molar-refractivity contribution is -0.172. The molecular formula is C83H124O10. The van der Waals surface area contributed by atoms with E-state index in [0.717, 1.165) is 93.3 Å². The molecule has 0 aliphatic heterocycles. The average Bonchev–Trinajstić information content (AvgIpc) is 1.78. The first-order chi connectivity index (χ1) is 44.0. The number of rotatable bonds is 25. The number of benzene rings is 6. The van der Waals surface area contributed by atoms with Crippen LogP contribution in [0.25, 0.3) is 0 Å². The molecule has 1 fully saturated rings. The van der Waals surface area contributed by atoms with Crippen LogP contribution in [0.15, 0.2) is 158 Å². The van der Waals surface area contributed by atoms with Crippen molar-refractivity contribution in [3.05, 3.63) is 191 Å². The van der Waals surface area contributed by atoms with Gasteiger partial charge in [-0.2, -0.15) is 0 Å². The maximum atomic E-state index is 12.4. The summed E-state index contributed by atoms with van der Waals surface area (Å²) in [7, 11) is 3.36. The van der Waals surface area contributed by atoms with Crippen LogP contribution in [0.2, 0.25) is 0 Å². The fraction of sp³-hybridized carbons (Fsp3) is 0.542. The Morgan fingerprint density at radius 1 is 0.430 bits per heavy atom. The fourth-order valence-corrected chi connectivity index (χ4v) is 9.69. The van der Waals surface area contributed by atoms with Crippen LogP contribution in [0.5, 0.6) is 23.0 Å². The van der Waals surface area contributed by atoms with Crippen LogP contribution < -0.4 is 9.47 Å². The lowest BCUT2D eigenvalue weighted by atomic mass is 9.88. The van der Waals surface area contributed by atoms with Gasteiger partial charge in [0, 0.05) is 26.1 Å². The van der Waals surface area contributed by atoms with Crippen LogP contribution in [0.1, 0.15) is 266 Å². The van der Waals surface area contributed by atoms with Crippen molar-refractivity contribution in [1.29, 1.82) is 0 Å². The maximum absolute atomic E-state index is 12.4. The van der Waals surface area contributed by atoms with Gasteiger partial charge in [0.15, 0.2) is 0 Å². The molecule has 0 radical (unpaired) electrons. The second-order valence-corrected chi connectivity index (χ2v) is 27.3. The molecule has 93 heavy (non-hydrogen) atoms. The summed E-state index contributed by atoms with van der Waals surface area (Å²) in [6, 6.07) is 51.6. The van der Waals surface area contributed by atoms with E-state index in [1.165, 1.54) is 22.3 Å². The minimum absolute atomic E-state index is 0.0687. The number of hydrogen-bond donors (Lipinski definition) is 2. The third-order valence-corrected chi connectivity index (χ3v) is 18.6. The second kappa shape index (κ2) is 41.9. The molecule has 0 aromatic heterocycles. The summed E-state index contributed by atoms with van der Waals surface area (Å²) >= 11 is 0. The number of carbonyl (C=O) groups excluding carboxylic acids is 2. The molecule has 7 unspecified atom stereocenters. The van der Waals surface area contributed by atoms with E-state index >= 15 is 0 Å². The van der Waals surface area contributed by atoms with Crippen LogP contribution in [-0.4, -0.2) is 49.0 Å². The number of methoxy groups -OCH3 is 2. The van der Waals surface area contributed by atoms with E-state index in [9.17, 15) is 9.59 Å². The van der Waals surface area contributed by atoms with Crippen LogP contribution in [0.3, 0.4) is 0 Å². The molecule has 6 aromatic rings. The van der Waals surface area contributed by atoms with Crippen LogP contribution in [0, 0.1) is 22.7 Å². The second-order valence-electron chi connectivity index (χ2n) is 27.3. The Morgan fingerprint density at radius 3 is 1.03 bits per heavy atom. The van der Waals surface area contributed by atoms with Crippen molar-refractivity contribution in [2.75, 3.05) is 14.2 Å². The normalized spacial score (nSPS) is 15.1. The Morgan fingerprint density at radius 2 is 0.742 bits per heavy atom. The molecule has 516 valence electrons. The topological polar surface area (TPSA) is 130 Å². The first kappa shape index (κ1) is 82.5. The minimum atomic E-state index is -0.537. The van der Waals surface area contributed by atoms with Gasteiger partial charge in [0.25, 0.3) is 0 Å². The van der Waals surface area contributed by atoms with Crippen molar-refractivity contribution in [3.8, 4) is 23.0 Å². The highest BCUT2D eigenvalue weighted by Gasteiger charge is 2.42. The van der Waals surface area contributed by atoms with Crippen LogP contribution in [-0.2, 0) is 39.7 Å². The molecule has 0 bridgehead atoms. The molecule has 10 heteroatoms. The van der Waals surface area contributed by atoms with E-state index in [4.69, 9.17) is 38.6 Å². The minimum Gasteiger partial charge on any atom is -0.508 e. The predicted octanol–water partition coefficient (Wildman–Crippen LogP) is 23.0. The van der Waals surface area contributed by atoms with Gasteiger partial charge in [-0.3, -0.25) is 9.59 Å². The molecule has 1 aliphatic rings. The molecule has 0 amide bonds. The Bertz CT molecular complexity index is 2790. The van der Waals surface area contributed by atoms with Gasteiger partial charge in [0.1, 0.15) is 34.2 Å². The molecule has 0 spiro atoms. The molecule has 7 rings (SSSR count). The summed E-state index contributed by atoms with van der Waals surface area (Å²) in [5.74, 6) is 5.32. The zero-order valence-corrected chi connectivity index (χ0v) is 61.6. The number of esters is 2. The van der Waals surface area contributed by atoms with Crippen LogP contribution in [0.4, 0.5) is 0 Å². The molecule has 0 heterocycles. The van der Waals surface area contributed by atoms with Crippen molar-refractivity contribution in [3.63, 3.8) is 0 Å². The summed E-state index contributed by atoms with van der Waals surface area (Å²) in [4.78, 5) is 24.6. The summed E-state index contributed by atoms with van der Waals surface area (Å²) < 4.78 is 33.9. The summed E-state index contributed by atoms with van der Waals surface area (Å²) in [6.07, 6.45) is 10.8. The van der Waals surface area contributed by atoms with Gasteiger partial charge in [0.2, 0.25) is 12.6 Å². The number of ether oxygens (including phenoxy) is 6. The van der Waals surface area contributed by atoms with Gasteiger partial charge >= 0.3 is 11.9 Å². The third kappa shape index (κ3) is 28.1. The monoisotopic (exact) mass is 1280 g/mol. The number of hydrogen-bond acceptors (Lipinski definition) is 10. The summed E-state index contributed by atoms with van der Waals surface area (Å²) in [6.45, 7) is 41.8. The lowest BCUT2D eigenvalue weighted by Crippen LogP contribution is -2.36. The van der Waals surface area contributed by atoms with Crippen molar-refractivity contribution < 1.29 is 48.2 Å². The van der Waals surface area contributed by atoms with Gasteiger partial charge in [-0.1, -0.05) is 213 Å². The predicted molar refractivity (Wildman–Crippen MR) is 387 cm³/mol. The Labute approximate surface area is 564 Å². The maximum Gasteiger partial charge on any atom is 0.312 e. The van der Waals surface area contributed by atoms with Gasteiger partial charge in [-0.25, -0.2) is 0 Å². The van der Waals surface area contributed by atoms with Crippen LogP contribution >= 0.6 is 0 Å². The zero-order chi connectivity index (χ0) is 70.0. The number of aromatic hydroxyl groups is 2. The number of carbonyl (C=O) groups is 2. The SMILES string of the molecule is CCC(C)(C)C(=O)OC(C)(CC)c1ccccc1.CCC(C)(C)C(=O)OC1(c2ccccc2)CCCC1.CCC(C)c1ccc(O)cc1.CCC(C)c1ccc(O)cc1.CCC(C)c1ccc(OC(OC)C(C)C)cc1.CCC(C)c1ccc(OC(OC)C(C)C)cc1. The van der Waals surface area contributed by atoms with E-state index in [0.29, 0.717) is 47.0 Å². The van der Waals surface area contributed by atoms with Gasteiger partial charge in [-0.15, -0.1) is 0 Å². The molecule has 6 aromatic carbocycles. The quantitative estimate of drug-likeness (QED) is 0.0422.